The fourth-order valence-corrected chi connectivity index (χ4v) is 3.84. The Morgan fingerprint density at radius 3 is 2.12 bits per heavy atom. The van der Waals surface area contributed by atoms with Crippen LogP contribution in [0.2, 0.25) is 5.02 Å². The second-order valence-corrected chi connectivity index (χ2v) is 6.66. The minimum atomic E-state index is -4.08. The molecule has 0 bridgehead atoms. The van der Waals surface area contributed by atoms with Gasteiger partial charge < -0.3 is 9.67 Å². The largest absolute Gasteiger partial charge is 0.477 e. The van der Waals surface area contributed by atoms with Crippen molar-refractivity contribution in [3.05, 3.63) is 16.4 Å². The molecule has 0 fully saturated rings. The van der Waals surface area contributed by atoms with Crippen molar-refractivity contribution < 1.29 is 18.3 Å². The number of aromatic carboxylic acids is 1. The van der Waals surface area contributed by atoms with E-state index in [1.165, 1.54) is 11.5 Å². The molecule has 0 radical (unpaired) electrons. The molecule has 17 heavy (non-hydrogen) atoms. The lowest BCUT2D eigenvalue weighted by Crippen LogP contribution is -2.12. The minimum Gasteiger partial charge on any atom is -0.477 e. The van der Waals surface area contributed by atoms with E-state index in [1.54, 1.807) is 13.8 Å². The van der Waals surface area contributed by atoms with Crippen molar-refractivity contribution in [2.24, 2.45) is 0 Å². The summed E-state index contributed by atoms with van der Waals surface area (Å²) < 4.78 is 24.1. The molecule has 8 heteroatoms. The molecule has 1 aromatic heterocycles. The quantitative estimate of drug-likeness (QED) is 0.871. The third-order valence-electron chi connectivity index (χ3n) is 2.30. The highest BCUT2D eigenvalue weighted by atomic mass is 35.7. The molecule has 0 unspecified atom stereocenters. The first-order valence-corrected chi connectivity index (χ1v) is 7.36. The van der Waals surface area contributed by atoms with Gasteiger partial charge >= 0.3 is 5.97 Å². The van der Waals surface area contributed by atoms with Crippen molar-refractivity contribution in [3.63, 3.8) is 0 Å². The number of nitrogens with zero attached hydrogens (tertiary/aromatic N) is 1. The third-order valence-corrected chi connectivity index (χ3v) is 4.23. The van der Waals surface area contributed by atoms with E-state index in [2.05, 4.69) is 0 Å². The molecule has 0 atom stereocenters. The summed E-state index contributed by atoms with van der Waals surface area (Å²) in [5, 5.41) is 8.71. The second kappa shape index (κ2) is 4.51. The van der Waals surface area contributed by atoms with Crippen molar-refractivity contribution in [2.75, 3.05) is 0 Å². The summed E-state index contributed by atoms with van der Waals surface area (Å²) in [5.74, 6) is -1.29. The number of hydrogen-bond donors (Lipinski definition) is 1. The van der Waals surface area contributed by atoms with Crippen molar-refractivity contribution in [3.8, 4) is 0 Å². The van der Waals surface area contributed by atoms with Gasteiger partial charge in [0.25, 0.3) is 9.05 Å². The lowest BCUT2D eigenvalue weighted by atomic mass is 10.3. The van der Waals surface area contributed by atoms with E-state index in [0.717, 1.165) is 0 Å². The Balaban J connectivity index is 3.81. The molecule has 96 valence electrons. The van der Waals surface area contributed by atoms with Crippen LogP contribution in [0.1, 0.15) is 36.1 Å². The van der Waals surface area contributed by atoms with E-state index in [4.69, 9.17) is 27.4 Å². The molecule has 5 nitrogen and oxygen atoms in total. The van der Waals surface area contributed by atoms with Crippen LogP contribution >= 0.6 is 22.3 Å². The lowest BCUT2D eigenvalue weighted by molar-refractivity contribution is 0.0683. The van der Waals surface area contributed by atoms with Gasteiger partial charge in [0.1, 0.15) is 10.6 Å². The van der Waals surface area contributed by atoms with Gasteiger partial charge in [-0.2, -0.15) is 0 Å². The number of carbonyl (C=O) groups is 1. The first-order chi connectivity index (χ1) is 7.59. The van der Waals surface area contributed by atoms with E-state index < -0.39 is 15.0 Å². The van der Waals surface area contributed by atoms with Crippen LogP contribution in [-0.2, 0) is 9.05 Å². The minimum absolute atomic E-state index is 0.220. The Kier molecular flexibility index (Phi) is 3.81. The second-order valence-electron chi connectivity index (χ2n) is 3.78. The van der Waals surface area contributed by atoms with E-state index in [-0.39, 0.29) is 27.3 Å². The Hall–Kier alpha value is -0.720. The summed E-state index contributed by atoms with van der Waals surface area (Å²) in [5.41, 5.74) is -0.0456. The number of halogens is 2. The van der Waals surface area contributed by atoms with Crippen LogP contribution in [0.5, 0.6) is 0 Å². The highest BCUT2D eigenvalue weighted by Crippen LogP contribution is 2.35. The fraction of sp³-hybridized carbons (Fsp3) is 0.444. The number of carboxylic acid groups (broad SMARTS) is 1. The monoisotopic (exact) mass is 299 g/mol. The zero-order chi connectivity index (χ0) is 13.5. The zero-order valence-corrected chi connectivity index (χ0v) is 11.7. The highest BCUT2D eigenvalue weighted by Gasteiger charge is 2.31. The maximum Gasteiger partial charge on any atom is 0.354 e. The van der Waals surface area contributed by atoms with E-state index in [0.29, 0.717) is 0 Å². The lowest BCUT2D eigenvalue weighted by Gasteiger charge is -2.13. The summed E-state index contributed by atoms with van der Waals surface area (Å²) >= 11 is 5.79. The predicted octanol–water partition coefficient (Wildman–Crippen LogP) is 2.66. The molecule has 0 aliphatic carbocycles. The van der Waals surface area contributed by atoms with E-state index >= 15 is 0 Å². The zero-order valence-electron chi connectivity index (χ0n) is 9.36. The molecular formula is C9H11Cl2NO4S. The number of aromatic nitrogens is 1. The topological polar surface area (TPSA) is 76.4 Å². The van der Waals surface area contributed by atoms with E-state index in [9.17, 15) is 13.2 Å². The van der Waals surface area contributed by atoms with Gasteiger partial charge in [-0.15, -0.1) is 0 Å². The first kappa shape index (κ1) is 14.3. The van der Waals surface area contributed by atoms with Crippen molar-refractivity contribution >= 4 is 37.3 Å². The van der Waals surface area contributed by atoms with Crippen LogP contribution in [0.4, 0.5) is 0 Å². The molecule has 1 aromatic rings. The van der Waals surface area contributed by atoms with Gasteiger partial charge in [-0.05, 0) is 20.8 Å². The van der Waals surface area contributed by atoms with Crippen molar-refractivity contribution in [1.29, 1.82) is 0 Å². The molecule has 0 aliphatic rings. The molecule has 0 spiro atoms. The van der Waals surface area contributed by atoms with Gasteiger partial charge in [-0.25, -0.2) is 13.2 Å². The molecule has 0 amide bonds. The van der Waals surface area contributed by atoms with E-state index in [1.807, 2.05) is 0 Å². The Labute approximate surface area is 108 Å². The predicted molar refractivity (Wildman–Crippen MR) is 64.6 cm³/mol. The standard InChI is InChI=1S/C9H11Cl2NO4S/c1-4(2)12-5(3)8(17(11,15)16)6(10)7(12)9(13)14/h4H,1-3H3,(H,13,14). The summed E-state index contributed by atoms with van der Waals surface area (Å²) in [4.78, 5) is 10.8. The fourth-order valence-electron chi connectivity index (χ4n) is 1.78. The average Bonchev–Trinajstić information content (AvgIpc) is 2.35. The number of rotatable bonds is 3. The molecule has 1 rings (SSSR count). The maximum atomic E-state index is 11.4. The summed E-state index contributed by atoms with van der Waals surface area (Å²) in [6, 6.07) is -0.245. The summed E-state index contributed by atoms with van der Waals surface area (Å²) in [6.07, 6.45) is 0. The van der Waals surface area contributed by atoms with Crippen LogP contribution in [0, 0.1) is 6.92 Å². The molecular weight excluding hydrogens is 289 g/mol. The van der Waals surface area contributed by atoms with Crippen molar-refractivity contribution in [1.82, 2.24) is 4.57 Å². The number of carboxylic acids is 1. The molecule has 1 heterocycles. The average molecular weight is 300 g/mol. The maximum absolute atomic E-state index is 11.4. The summed E-state index contributed by atoms with van der Waals surface area (Å²) in [7, 11) is 1.17. The Bertz CT molecular complexity index is 574. The first-order valence-electron chi connectivity index (χ1n) is 4.67. The van der Waals surface area contributed by atoms with Gasteiger partial charge in [-0.1, -0.05) is 11.6 Å². The van der Waals surface area contributed by atoms with Gasteiger partial charge in [0.15, 0.2) is 0 Å². The SMILES string of the molecule is Cc1c(S(=O)(=O)Cl)c(Cl)c(C(=O)O)n1C(C)C. The van der Waals surface area contributed by atoms with Gasteiger partial charge in [0, 0.05) is 22.4 Å². The van der Waals surface area contributed by atoms with Crippen LogP contribution in [0.3, 0.4) is 0 Å². The van der Waals surface area contributed by atoms with Crippen LogP contribution in [-0.4, -0.2) is 24.1 Å². The van der Waals surface area contributed by atoms with Gasteiger partial charge in [0.2, 0.25) is 0 Å². The van der Waals surface area contributed by atoms with Gasteiger partial charge in [0.05, 0.1) is 5.02 Å². The Morgan fingerprint density at radius 1 is 1.41 bits per heavy atom. The van der Waals surface area contributed by atoms with Crippen molar-refractivity contribution in [2.45, 2.75) is 31.7 Å². The van der Waals surface area contributed by atoms with Gasteiger partial charge in [-0.3, -0.25) is 0 Å². The summed E-state index contributed by atoms with van der Waals surface area (Å²) in [6.45, 7) is 4.91. The molecule has 0 saturated heterocycles. The smallest absolute Gasteiger partial charge is 0.354 e. The highest BCUT2D eigenvalue weighted by molar-refractivity contribution is 8.13. The Morgan fingerprint density at radius 2 is 1.88 bits per heavy atom. The molecule has 0 saturated carbocycles. The number of hydrogen-bond acceptors (Lipinski definition) is 3. The van der Waals surface area contributed by atoms with Crippen LogP contribution < -0.4 is 0 Å². The molecule has 0 aliphatic heterocycles. The third kappa shape index (κ3) is 2.43. The normalized spacial score (nSPS) is 12.1. The molecule has 0 aromatic carbocycles. The van der Waals surface area contributed by atoms with Crippen LogP contribution in [0.25, 0.3) is 0 Å². The van der Waals surface area contributed by atoms with Crippen LogP contribution in [0.15, 0.2) is 4.90 Å². The molecule has 1 N–H and O–H groups in total.